The van der Waals surface area contributed by atoms with E-state index in [1.54, 1.807) is 0 Å². The second-order valence-electron chi connectivity index (χ2n) is 20.0. The predicted molar refractivity (Wildman–Crippen MR) is 305 cm³/mol. The molecule has 0 spiro atoms. The fourth-order valence-electron chi connectivity index (χ4n) is 12.3. The average Bonchev–Trinajstić information content (AvgIpc) is 4.05. The molecule has 0 saturated carbocycles. The van der Waals surface area contributed by atoms with E-state index in [0.717, 1.165) is 17.1 Å². The number of hydrogen-bond donors (Lipinski definition) is 0. The van der Waals surface area contributed by atoms with Crippen molar-refractivity contribution >= 4 is 48.6 Å². The summed E-state index contributed by atoms with van der Waals surface area (Å²) in [6, 6.07) is 97.3. The summed E-state index contributed by atoms with van der Waals surface area (Å²) in [6.07, 6.45) is 0. The first-order chi connectivity index (χ1) is 35.4. The van der Waals surface area contributed by atoms with E-state index in [1.165, 1.54) is 109 Å². The normalized spacial score (nSPS) is 13.6. The maximum atomic E-state index is 2.53. The van der Waals surface area contributed by atoms with Crippen LogP contribution in [0.5, 0.6) is 0 Å². The van der Waals surface area contributed by atoms with E-state index in [0.29, 0.717) is 0 Å². The maximum absolute atomic E-state index is 2.53. The Hall–Kier alpha value is -8.56. The van der Waals surface area contributed by atoms with Crippen molar-refractivity contribution in [1.29, 1.82) is 0 Å². The van der Waals surface area contributed by atoms with Crippen LogP contribution in [0.3, 0.4) is 0 Å². The highest BCUT2D eigenvalue weighted by Crippen LogP contribution is 2.60. The molecule has 1 nitrogen and oxygen atoms in total. The van der Waals surface area contributed by atoms with E-state index in [9.17, 15) is 0 Å². The molecule has 0 amide bonds. The summed E-state index contributed by atoms with van der Waals surface area (Å²) < 4.78 is 2.64. The van der Waals surface area contributed by atoms with Gasteiger partial charge < -0.3 is 4.90 Å². The molecule has 72 heavy (non-hydrogen) atoms. The van der Waals surface area contributed by atoms with Crippen molar-refractivity contribution in [3.63, 3.8) is 0 Å². The number of anilines is 3. The van der Waals surface area contributed by atoms with Crippen molar-refractivity contribution in [2.75, 3.05) is 4.90 Å². The van der Waals surface area contributed by atoms with Crippen LogP contribution in [-0.2, 0) is 10.8 Å². The molecule has 2 heteroatoms. The SMILES string of the molecule is CC1(C)c2cc(-c3ccc(-c4ccccc4)cc3)ccc2-c2ccc(N(c3ccc(-c4ccc5sc6ccccc6c5c4)cc3)c3cccc4c3-c3ccccc3C4(c3ccccc3)c3ccccc3)cc21. The van der Waals surface area contributed by atoms with E-state index in [1.807, 2.05) is 11.3 Å². The molecule has 340 valence electrons. The maximum Gasteiger partial charge on any atom is 0.0714 e. The fraction of sp³-hybridized carbons (Fsp3) is 0.0571. The van der Waals surface area contributed by atoms with Crippen LogP contribution < -0.4 is 4.90 Å². The quantitative estimate of drug-likeness (QED) is 0.147. The Bertz CT molecular complexity index is 4000. The third-order valence-corrected chi connectivity index (χ3v) is 16.9. The van der Waals surface area contributed by atoms with Crippen LogP contribution in [0, 0.1) is 0 Å². The van der Waals surface area contributed by atoms with E-state index in [2.05, 4.69) is 280 Å². The standard InChI is InChI=1S/C70H49NS/c1-69(2)63-44-51(48-31-29-47(30-32-48)46-17-6-3-7-18-46)35-40-56(63)57-41-39-55(45-64(57)69)71(54-37-33-49(34-38-54)50-36-42-67-60(43-50)58-23-13-15-28-66(58)72-67)65-27-16-26-62-68(65)59-24-12-14-25-61(59)70(62,52-19-8-4-9-20-52)53-21-10-5-11-22-53/h3-45H,1-2H3. The Morgan fingerprint density at radius 1 is 0.319 bits per heavy atom. The molecule has 1 aromatic heterocycles. The lowest BCUT2D eigenvalue weighted by atomic mass is 9.68. The van der Waals surface area contributed by atoms with Gasteiger partial charge in [-0.15, -0.1) is 11.3 Å². The highest BCUT2D eigenvalue weighted by atomic mass is 32.1. The van der Waals surface area contributed by atoms with Crippen molar-refractivity contribution in [2.24, 2.45) is 0 Å². The Morgan fingerprint density at radius 3 is 1.54 bits per heavy atom. The summed E-state index contributed by atoms with van der Waals surface area (Å²) in [6.45, 7) is 4.81. The molecule has 1 heterocycles. The predicted octanol–water partition coefficient (Wildman–Crippen LogP) is 19.2. The van der Waals surface area contributed by atoms with Crippen molar-refractivity contribution in [3.8, 4) is 55.6 Å². The minimum Gasteiger partial charge on any atom is -0.310 e. The Labute approximate surface area is 425 Å². The van der Waals surface area contributed by atoms with Gasteiger partial charge in [-0.05, 0) is 138 Å². The molecule has 0 bridgehead atoms. The van der Waals surface area contributed by atoms with Gasteiger partial charge in [-0.3, -0.25) is 0 Å². The van der Waals surface area contributed by atoms with E-state index >= 15 is 0 Å². The molecule has 14 rings (SSSR count). The lowest BCUT2D eigenvalue weighted by Crippen LogP contribution is -2.28. The number of hydrogen-bond acceptors (Lipinski definition) is 2. The third-order valence-electron chi connectivity index (χ3n) is 15.8. The first-order valence-electron chi connectivity index (χ1n) is 25.1. The topological polar surface area (TPSA) is 3.24 Å². The van der Waals surface area contributed by atoms with Crippen molar-refractivity contribution in [1.82, 2.24) is 0 Å². The highest BCUT2D eigenvalue weighted by molar-refractivity contribution is 7.25. The van der Waals surface area contributed by atoms with Gasteiger partial charge in [-0.1, -0.05) is 220 Å². The minimum absolute atomic E-state index is 0.248. The van der Waals surface area contributed by atoms with Crippen LogP contribution in [0.1, 0.15) is 47.2 Å². The van der Waals surface area contributed by atoms with Crippen LogP contribution in [0.25, 0.3) is 75.8 Å². The van der Waals surface area contributed by atoms with E-state index in [4.69, 9.17) is 0 Å². The zero-order valence-electron chi connectivity index (χ0n) is 40.2. The van der Waals surface area contributed by atoms with Crippen LogP contribution in [0.2, 0.25) is 0 Å². The largest absolute Gasteiger partial charge is 0.310 e. The second-order valence-corrected chi connectivity index (χ2v) is 21.1. The lowest BCUT2D eigenvalue weighted by molar-refractivity contribution is 0.660. The molecule has 0 unspecified atom stereocenters. The molecule has 0 N–H and O–H groups in total. The van der Waals surface area contributed by atoms with Gasteiger partial charge in [-0.2, -0.15) is 0 Å². The summed E-state index contributed by atoms with van der Waals surface area (Å²) in [5.41, 5.74) is 22.9. The highest BCUT2D eigenvalue weighted by Gasteiger charge is 2.47. The van der Waals surface area contributed by atoms with Crippen molar-refractivity contribution in [2.45, 2.75) is 24.7 Å². The smallest absolute Gasteiger partial charge is 0.0714 e. The monoisotopic (exact) mass is 935 g/mol. The zero-order valence-corrected chi connectivity index (χ0v) is 41.0. The Balaban J connectivity index is 0.933. The Kier molecular flexibility index (Phi) is 9.71. The van der Waals surface area contributed by atoms with Gasteiger partial charge in [0.15, 0.2) is 0 Å². The summed E-state index contributed by atoms with van der Waals surface area (Å²) in [5.74, 6) is 0. The molecule has 0 aliphatic heterocycles. The van der Waals surface area contributed by atoms with E-state index < -0.39 is 5.41 Å². The van der Waals surface area contributed by atoms with Gasteiger partial charge in [0.25, 0.3) is 0 Å². The van der Waals surface area contributed by atoms with Gasteiger partial charge in [0, 0.05) is 42.5 Å². The molecule has 0 saturated heterocycles. The summed E-state index contributed by atoms with van der Waals surface area (Å²) in [7, 11) is 0. The second kappa shape index (κ2) is 16.5. The van der Waals surface area contributed by atoms with Gasteiger partial charge in [-0.25, -0.2) is 0 Å². The lowest BCUT2D eigenvalue weighted by Gasteiger charge is -2.34. The number of thiophene rings is 1. The van der Waals surface area contributed by atoms with Crippen molar-refractivity contribution in [3.05, 3.63) is 294 Å². The summed E-state index contributed by atoms with van der Waals surface area (Å²) >= 11 is 1.87. The number of rotatable bonds is 8. The molecule has 0 radical (unpaired) electrons. The summed E-state index contributed by atoms with van der Waals surface area (Å²) in [5, 5.41) is 2.63. The molecule has 0 fully saturated rings. The molecular weight excluding hydrogens is 887 g/mol. The molecule has 12 aromatic rings. The average molecular weight is 936 g/mol. The van der Waals surface area contributed by atoms with Crippen LogP contribution >= 0.6 is 11.3 Å². The molecule has 0 atom stereocenters. The van der Waals surface area contributed by atoms with Gasteiger partial charge in [0.2, 0.25) is 0 Å². The minimum atomic E-state index is -0.522. The first-order valence-corrected chi connectivity index (χ1v) is 25.9. The van der Waals surface area contributed by atoms with Gasteiger partial charge >= 0.3 is 0 Å². The van der Waals surface area contributed by atoms with Crippen LogP contribution in [0.15, 0.2) is 261 Å². The number of fused-ring (bicyclic) bond motifs is 9. The number of benzene rings is 11. The zero-order chi connectivity index (χ0) is 48.0. The summed E-state index contributed by atoms with van der Waals surface area (Å²) in [4.78, 5) is 2.53. The van der Waals surface area contributed by atoms with Crippen LogP contribution in [-0.4, -0.2) is 0 Å². The molecular formula is C70H49NS. The van der Waals surface area contributed by atoms with Crippen LogP contribution in [0.4, 0.5) is 17.1 Å². The van der Waals surface area contributed by atoms with Crippen molar-refractivity contribution < 1.29 is 0 Å². The molecule has 2 aliphatic carbocycles. The third kappa shape index (κ3) is 6.46. The van der Waals surface area contributed by atoms with E-state index in [-0.39, 0.29) is 5.41 Å². The first kappa shape index (κ1) is 42.3. The van der Waals surface area contributed by atoms with Gasteiger partial charge in [0.1, 0.15) is 0 Å². The fourth-order valence-corrected chi connectivity index (χ4v) is 13.4. The molecule has 11 aromatic carbocycles. The molecule has 2 aliphatic rings. The van der Waals surface area contributed by atoms with Gasteiger partial charge in [0.05, 0.1) is 11.1 Å². The Morgan fingerprint density at radius 2 is 0.819 bits per heavy atom. The number of nitrogens with zero attached hydrogens (tertiary/aromatic N) is 1.